The molecule has 0 saturated carbocycles. The summed E-state index contributed by atoms with van der Waals surface area (Å²) in [5, 5.41) is 0. The normalized spacial score (nSPS) is 37.7. The maximum atomic E-state index is 12.7. The first-order valence-electron chi connectivity index (χ1n) is 9.47. The number of ether oxygens (including phenoxy) is 5. The zero-order valence-electron chi connectivity index (χ0n) is 16.2. The molecule has 0 aromatic heterocycles. The van der Waals surface area contributed by atoms with Crippen LogP contribution >= 0.6 is 0 Å². The van der Waals surface area contributed by atoms with Crippen LogP contribution in [0.5, 0.6) is 0 Å². The molecule has 0 spiro atoms. The first-order chi connectivity index (χ1) is 13.2. The standard InChI is InChI=1S/C20H23NO7/c1-19(2)25-12(9-21-16(22)10-7-5-6-8-11(10)17(21)23)13-14(26-19)15-18(24-13)28-20(3,4)27-15/h5-8,12-15,18H,9H2,1-4H3. The van der Waals surface area contributed by atoms with Crippen LogP contribution in [0.4, 0.5) is 0 Å². The summed E-state index contributed by atoms with van der Waals surface area (Å²) in [7, 11) is 0. The van der Waals surface area contributed by atoms with Gasteiger partial charge in [0.05, 0.1) is 17.7 Å². The van der Waals surface area contributed by atoms with E-state index in [9.17, 15) is 9.59 Å². The maximum Gasteiger partial charge on any atom is 0.261 e. The fourth-order valence-corrected chi connectivity index (χ4v) is 4.45. The Hall–Kier alpha value is -1.84. The van der Waals surface area contributed by atoms with Crippen LogP contribution in [0.15, 0.2) is 24.3 Å². The Balaban J connectivity index is 1.40. The number of nitrogens with zero attached hydrogens (tertiary/aromatic N) is 1. The van der Waals surface area contributed by atoms with E-state index in [-0.39, 0.29) is 18.4 Å². The third kappa shape index (κ3) is 2.71. The average Bonchev–Trinajstić information content (AvgIpc) is 3.17. The first-order valence-corrected chi connectivity index (χ1v) is 9.47. The number of hydrogen-bond donors (Lipinski definition) is 0. The SMILES string of the molecule is CC1(C)OC2OC3C(CN4C(=O)c5ccccc5C4=O)OC(C)(C)OC3C2O1. The molecule has 4 aliphatic heterocycles. The van der Waals surface area contributed by atoms with Gasteiger partial charge in [0.25, 0.3) is 11.8 Å². The number of carbonyl (C=O) groups excluding carboxylic acids is 2. The van der Waals surface area contributed by atoms with E-state index < -0.39 is 42.3 Å². The fourth-order valence-electron chi connectivity index (χ4n) is 4.45. The lowest BCUT2D eigenvalue weighted by Crippen LogP contribution is -2.59. The highest BCUT2D eigenvalue weighted by atomic mass is 16.9. The van der Waals surface area contributed by atoms with Crippen LogP contribution in [0.2, 0.25) is 0 Å². The molecule has 8 heteroatoms. The summed E-state index contributed by atoms with van der Waals surface area (Å²) in [6, 6.07) is 6.81. The van der Waals surface area contributed by atoms with E-state index in [0.717, 1.165) is 0 Å². The summed E-state index contributed by atoms with van der Waals surface area (Å²) < 4.78 is 30.0. The molecule has 0 aliphatic carbocycles. The molecular weight excluding hydrogens is 366 g/mol. The van der Waals surface area contributed by atoms with Crippen LogP contribution in [0, 0.1) is 0 Å². The topological polar surface area (TPSA) is 83.5 Å². The highest BCUT2D eigenvalue weighted by Crippen LogP contribution is 2.44. The van der Waals surface area contributed by atoms with Crippen LogP contribution < -0.4 is 0 Å². The van der Waals surface area contributed by atoms with E-state index in [4.69, 9.17) is 23.7 Å². The molecule has 3 saturated heterocycles. The molecule has 5 rings (SSSR count). The van der Waals surface area contributed by atoms with Crippen molar-refractivity contribution >= 4 is 11.8 Å². The van der Waals surface area contributed by atoms with Crippen molar-refractivity contribution in [1.29, 1.82) is 0 Å². The van der Waals surface area contributed by atoms with Gasteiger partial charge in [0, 0.05) is 0 Å². The number of carbonyl (C=O) groups is 2. The maximum absolute atomic E-state index is 12.7. The molecule has 2 amide bonds. The Kier molecular flexibility index (Phi) is 3.80. The molecule has 4 aliphatic rings. The van der Waals surface area contributed by atoms with E-state index in [2.05, 4.69) is 0 Å². The summed E-state index contributed by atoms with van der Waals surface area (Å²) in [4.78, 5) is 26.7. The van der Waals surface area contributed by atoms with Gasteiger partial charge < -0.3 is 23.7 Å². The second-order valence-corrected chi connectivity index (χ2v) is 8.47. The molecule has 1 aromatic rings. The zero-order valence-corrected chi connectivity index (χ0v) is 16.2. The summed E-state index contributed by atoms with van der Waals surface area (Å²) >= 11 is 0. The first kappa shape index (κ1) is 18.2. The lowest BCUT2D eigenvalue weighted by Gasteiger charge is -2.44. The minimum Gasteiger partial charge on any atom is -0.343 e. The average molecular weight is 389 g/mol. The minimum atomic E-state index is -0.918. The van der Waals surface area contributed by atoms with Crippen molar-refractivity contribution in [3.63, 3.8) is 0 Å². The minimum absolute atomic E-state index is 0.0726. The number of fused-ring (bicyclic) bond motifs is 4. The van der Waals surface area contributed by atoms with Crippen LogP contribution in [0.1, 0.15) is 48.4 Å². The van der Waals surface area contributed by atoms with Gasteiger partial charge in [-0.15, -0.1) is 0 Å². The van der Waals surface area contributed by atoms with Gasteiger partial charge in [-0.05, 0) is 39.8 Å². The summed E-state index contributed by atoms with van der Waals surface area (Å²) in [6.45, 7) is 7.32. The molecule has 8 nitrogen and oxygen atoms in total. The van der Waals surface area contributed by atoms with Crippen molar-refractivity contribution in [2.45, 2.75) is 70.0 Å². The molecule has 3 fully saturated rings. The number of amides is 2. The lowest BCUT2D eigenvalue weighted by atomic mass is 10.0. The van der Waals surface area contributed by atoms with Gasteiger partial charge in [-0.2, -0.15) is 0 Å². The summed E-state index contributed by atoms with van der Waals surface area (Å²) in [5.74, 6) is -2.32. The predicted octanol–water partition coefficient (Wildman–Crippen LogP) is 1.68. The molecule has 5 unspecified atom stereocenters. The molecular formula is C20H23NO7. The second kappa shape index (κ2) is 5.84. The Bertz CT molecular complexity index is 816. The molecule has 150 valence electrons. The molecule has 0 bridgehead atoms. The van der Waals surface area contributed by atoms with E-state index >= 15 is 0 Å². The third-order valence-electron chi connectivity index (χ3n) is 5.49. The van der Waals surface area contributed by atoms with Gasteiger partial charge in [-0.25, -0.2) is 0 Å². The Morgan fingerprint density at radius 3 is 2.04 bits per heavy atom. The number of rotatable bonds is 2. The molecule has 0 radical (unpaired) electrons. The van der Waals surface area contributed by atoms with Gasteiger partial charge in [-0.3, -0.25) is 14.5 Å². The smallest absolute Gasteiger partial charge is 0.261 e. The van der Waals surface area contributed by atoms with Crippen molar-refractivity contribution in [2.24, 2.45) is 0 Å². The van der Waals surface area contributed by atoms with E-state index in [0.29, 0.717) is 11.1 Å². The molecule has 5 atom stereocenters. The van der Waals surface area contributed by atoms with Crippen molar-refractivity contribution < 1.29 is 33.3 Å². The summed E-state index contributed by atoms with van der Waals surface area (Å²) in [6.07, 6.45) is -2.46. The van der Waals surface area contributed by atoms with E-state index in [1.165, 1.54) is 4.90 Å². The van der Waals surface area contributed by atoms with Gasteiger partial charge in [-0.1, -0.05) is 12.1 Å². The largest absolute Gasteiger partial charge is 0.343 e. The zero-order chi connectivity index (χ0) is 19.8. The second-order valence-electron chi connectivity index (χ2n) is 8.47. The molecule has 4 heterocycles. The molecule has 0 N–H and O–H groups in total. The van der Waals surface area contributed by atoms with Crippen LogP contribution in [-0.2, 0) is 23.7 Å². The van der Waals surface area contributed by atoms with Crippen molar-refractivity contribution in [3.05, 3.63) is 35.4 Å². The number of imide groups is 1. The monoisotopic (exact) mass is 389 g/mol. The predicted molar refractivity (Wildman–Crippen MR) is 94.3 cm³/mol. The Morgan fingerprint density at radius 2 is 1.39 bits per heavy atom. The van der Waals surface area contributed by atoms with Crippen LogP contribution in [-0.4, -0.2) is 65.5 Å². The van der Waals surface area contributed by atoms with E-state index in [1.807, 2.05) is 13.8 Å². The van der Waals surface area contributed by atoms with Crippen molar-refractivity contribution in [2.75, 3.05) is 6.54 Å². The molecule has 28 heavy (non-hydrogen) atoms. The quantitative estimate of drug-likeness (QED) is 0.712. The van der Waals surface area contributed by atoms with E-state index in [1.54, 1.807) is 38.1 Å². The number of hydrogen-bond acceptors (Lipinski definition) is 7. The van der Waals surface area contributed by atoms with Crippen LogP contribution in [0.25, 0.3) is 0 Å². The van der Waals surface area contributed by atoms with Crippen molar-refractivity contribution in [1.82, 2.24) is 4.90 Å². The molecule has 1 aromatic carbocycles. The highest BCUT2D eigenvalue weighted by Gasteiger charge is 2.61. The van der Waals surface area contributed by atoms with Crippen LogP contribution in [0.3, 0.4) is 0 Å². The fraction of sp³-hybridized carbons (Fsp3) is 0.600. The lowest BCUT2D eigenvalue weighted by molar-refractivity contribution is -0.343. The van der Waals surface area contributed by atoms with Gasteiger partial charge in [0.1, 0.15) is 24.4 Å². The van der Waals surface area contributed by atoms with Crippen molar-refractivity contribution in [3.8, 4) is 0 Å². The number of benzene rings is 1. The van der Waals surface area contributed by atoms with Gasteiger partial charge in [0.15, 0.2) is 17.9 Å². The Labute approximate surface area is 162 Å². The van der Waals surface area contributed by atoms with Gasteiger partial charge in [0.2, 0.25) is 0 Å². The summed E-state index contributed by atoms with van der Waals surface area (Å²) in [5.41, 5.74) is 0.820. The van der Waals surface area contributed by atoms with Gasteiger partial charge >= 0.3 is 0 Å². The highest BCUT2D eigenvalue weighted by molar-refractivity contribution is 6.21. The Morgan fingerprint density at radius 1 is 0.821 bits per heavy atom. The third-order valence-corrected chi connectivity index (χ3v) is 5.49.